The van der Waals surface area contributed by atoms with Crippen LogP contribution in [0.15, 0.2) is 46.4 Å². The van der Waals surface area contributed by atoms with Crippen LogP contribution >= 0.6 is 15.9 Å². The number of urea groups is 1. The van der Waals surface area contributed by atoms with Gasteiger partial charge in [-0.1, -0.05) is 28.1 Å². The summed E-state index contributed by atoms with van der Waals surface area (Å²) in [4.78, 5) is 34.6. The number of halogens is 1. The molecule has 7 heteroatoms. The molecule has 0 radical (unpaired) electrons. The Balaban J connectivity index is 1.98. The molecule has 0 spiro atoms. The zero-order chi connectivity index (χ0) is 16.6. The van der Waals surface area contributed by atoms with E-state index in [4.69, 9.17) is 0 Å². The molecule has 0 bridgehead atoms. The van der Waals surface area contributed by atoms with Crippen molar-refractivity contribution in [3.05, 3.63) is 52.1 Å². The lowest BCUT2D eigenvalue weighted by Gasteiger charge is -2.14. The van der Waals surface area contributed by atoms with E-state index in [2.05, 4.69) is 26.6 Å². The molecule has 6 nitrogen and oxygen atoms in total. The first-order valence-corrected chi connectivity index (χ1v) is 7.55. The molecule has 1 aromatic carbocycles. The zero-order valence-electron chi connectivity index (χ0n) is 12.1. The number of aromatic nitrogens is 1. The Morgan fingerprint density at radius 2 is 1.57 bits per heavy atom. The van der Waals surface area contributed by atoms with Gasteiger partial charge in [0.25, 0.3) is 11.8 Å². The molecular formula is C16H12BrN3O3. The molecule has 0 saturated carbocycles. The van der Waals surface area contributed by atoms with E-state index in [0.717, 1.165) is 15.7 Å². The van der Waals surface area contributed by atoms with Crippen LogP contribution in [0.5, 0.6) is 0 Å². The predicted molar refractivity (Wildman–Crippen MR) is 88.2 cm³/mol. The SMILES string of the molecule is Cn1c(C=C2C(=O)NC(=O)NC2=O)ccc1-c1ccc(Br)cc1. The molecule has 2 heterocycles. The minimum absolute atomic E-state index is 0.104. The number of amides is 4. The number of carbonyl (C=O) groups is 3. The van der Waals surface area contributed by atoms with E-state index in [-0.39, 0.29) is 5.57 Å². The van der Waals surface area contributed by atoms with Gasteiger partial charge in [0.15, 0.2) is 0 Å². The maximum Gasteiger partial charge on any atom is 0.328 e. The van der Waals surface area contributed by atoms with Crippen molar-refractivity contribution in [2.75, 3.05) is 0 Å². The Bertz CT molecular complexity index is 828. The number of carbonyl (C=O) groups excluding carboxylic acids is 3. The van der Waals surface area contributed by atoms with E-state index in [1.54, 1.807) is 6.07 Å². The molecule has 1 aliphatic rings. The van der Waals surface area contributed by atoms with Gasteiger partial charge in [0.1, 0.15) is 5.57 Å². The fourth-order valence-electron chi connectivity index (χ4n) is 2.34. The van der Waals surface area contributed by atoms with Crippen molar-refractivity contribution in [3.63, 3.8) is 0 Å². The summed E-state index contributed by atoms with van der Waals surface area (Å²) in [7, 11) is 1.84. The van der Waals surface area contributed by atoms with Crippen molar-refractivity contribution < 1.29 is 14.4 Å². The average molecular weight is 374 g/mol. The van der Waals surface area contributed by atoms with Crippen LogP contribution in [0.4, 0.5) is 4.79 Å². The fourth-order valence-corrected chi connectivity index (χ4v) is 2.60. The summed E-state index contributed by atoms with van der Waals surface area (Å²) in [6.07, 6.45) is 1.46. The van der Waals surface area contributed by atoms with Gasteiger partial charge in [-0.3, -0.25) is 20.2 Å². The monoisotopic (exact) mass is 373 g/mol. The minimum atomic E-state index is -0.806. The van der Waals surface area contributed by atoms with Crippen molar-refractivity contribution in [1.82, 2.24) is 15.2 Å². The first-order valence-electron chi connectivity index (χ1n) is 6.76. The Morgan fingerprint density at radius 1 is 0.957 bits per heavy atom. The van der Waals surface area contributed by atoms with Crippen LogP contribution in [0.25, 0.3) is 17.3 Å². The summed E-state index contributed by atoms with van der Waals surface area (Å²) in [5, 5.41) is 4.10. The van der Waals surface area contributed by atoms with Gasteiger partial charge in [-0.15, -0.1) is 0 Å². The molecule has 0 unspecified atom stereocenters. The number of rotatable bonds is 2. The Morgan fingerprint density at radius 3 is 2.17 bits per heavy atom. The molecule has 116 valence electrons. The van der Waals surface area contributed by atoms with Gasteiger partial charge in [0.05, 0.1) is 0 Å². The lowest BCUT2D eigenvalue weighted by atomic mass is 10.1. The van der Waals surface area contributed by atoms with Crippen LogP contribution in [0.3, 0.4) is 0 Å². The van der Waals surface area contributed by atoms with Crippen molar-refractivity contribution >= 4 is 39.9 Å². The van der Waals surface area contributed by atoms with Crippen molar-refractivity contribution in [3.8, 4) is 11.3 Å². The van der Waals surface area contributed by atoms with E-state index in [1.165, 1.54) is 6.08 Å². The molecule has 3 rings (SSSR count). The molecule has 1 aliphatic heterocycles. The third-order valence-electron chi connectivity index (χ3n) is 3.54. The van der Waals surface area contributed by atoms with Gasteiger partial charge >= 0.3 is 6.03 Å². The summed E-state index contributed by atoms with van der Waals surface area (Å²) in [6.45, 7) is 0. The molecule has 23 heavy (non-hydrogen) atoms. The molecule has 1 fully saturated rings. The molecule has 1 saturated heterocycles. The van der Waals surface area contributed by atoms with E-state index in [1.807, 2.05) is 41.9 Å². The topological polar surface area (TPSA) is 80.2 Å². The predicted octanol–water partition coefficient (Wildman–Crippen LogP) is 2.20. The fraction of sp³-hybridized carbons (Fsp3) is 0.0625. The highest BCUT2D eigenvalue weighted by Crippen LogP contribution is 2.24. The largest absolute Gasteiger partial charge is 0.344 e. The maximum absolute atomic E-state index is 11.8. The maximum atomic E-state index is 11.8. The zero-order valence-corrected chi connectivity index (χ0v) is 13.7. The number of benzene rings is 1. The van der Waals surface area contributed by atoms with Crippen molar-refractivity contribution in [1.29, 1.82) is 0 Å². The molecule has 2 N–H and O–H groups in total. The van der Waals surface area contributed by atoms with Gasteiger partial charge < -0.3 is 4.57 Å². The number of nitrogens with zero attached hydrogens (tertiary/aromatic N) is 1. The quantitative estimate of drug-likeness (QED) is 0.625. The number of barbiturate groups is 1. The summed E-state index contributed by atoms with van der Waals surface area (Å²) in [5.74, 6) is -1.41. The van der Waals surface area contributed by atoms with Gasteiger partial charge in [-0.05, 0) is 35.9 Å². The van der Waals surface area contributed by atoms with E-state index < -0.39 is 17.8 Å². The Kier molecular flexibility index (Phi) is 3.87. The molecular weight excluding hydrogens is 362 g/mol. The normalized spacial score (nSPS) is 14.5. The third kappa shape index (κ3) is 2.95. The summed E-state index contributed by atoms with van der Waals surface area (Å²) in [6, 6.07) is 10.7. The number of nitrogens with one attached hydrogen (secondary N) is 2. The first-order chi connectivity index (χ1) is 11.0. The molecule has 2 aromatic rings. The van der Waals surface area contributed by atoms with Crippen LogP contribution < -0.4 is 10.6 Å². The average Bonchev–Trinajstić information content (AvgIpc) is 2.85. The van der Waals surface area contributed by atoms with Gasteiger partial charge in [-0.25, -0.2) is 4.79 Å². The standard InChI is InChI=1S/C16H12BrN3O3/c1-20-11(8-12-14(21)18-16(23)19-15(12)22)6-7-13(20)9-2-4-10(17)5-3-9/h2-8H,1H3,(H2,18,19,21,22,23). The molecule has 0 atom stereocenters. The van der Waals surface area contributed by atoms with E-state index in [9.17, 15) is 14.4 Å². The molecule has 4 amide bonds. The summed E-state index contributed by atoms with van der Waals surface area (Å²) < 4.78 is 2.85. The second-order valence-electron chi connectivity index (χ2n) is 5.00. The summed E-state index contributed by atoms with van der Waals surface area (Å²) in [5.41, 5.74) is 2.52. The van der Waals surface area contributed by atoms with Crippen LogP contribution in [-0.2, 0) is 16.6 Å². The van der Waals surface area contributed by atoms with Crippen LogP contribution in [-0.4, -0.2) is 22.4 Å². The number of hydrogen-bond donors (Lipinski definition) is 2. The number of hydrogen-bond acceptors (Lipinski definition) is 3. The molecule has 1 aromatic heterocycles. The molecule has 0 aliphatic carbocycles. The van der Waals surface area contributed by atoms with Crippen LogP contribution in [0.1, 0.15) is 5.69 Å². The third-order valence-corrected chi connectivity index (χ3v) is 4.06. The van der Waals surface area contributed by atoms with Gasteiger partial charge in [0.2, 0.25) is 0 Å². The first kappa shape index (κ1) is 15.2. The van der Waals surface area contributed by atoms with E-state index in [0.29, 0.717) is 5.69 Å². The lowest BCUT2D eigenvalue weighted by Crippen LogP contribution is -2.51. The van der Waals surface area contributed by atoms with Crippen LogP contribution in [0, 0.1) is 0 Å². The van der Waals surface area contributed by atoms with Crippen LogP contribution in [0.2, 0.25) is 0 Å². The highest BCUT2D eigenvalue weighted by atomic mass is 79.9. The smallest absolute Gasteiger partial charge is 0.328 e. The minimum Gasteiger partial charge on any atom is -0.344 e. The van der Waals surface area contributed by atoms with Crippen molar-refractivity contribution in [2.45, 2.75) is 0 Å². The second-order valence-corrected chi connectivity index (χ2v) is 5.92. The van der Waals surface area contributed by atoms with Gasteiger partial charge in [-0.2, -0.15) is 0 Å². The van der Waals surface area contributed by atoms with E-state index >= 15 is 0 Å². The summed E-state index contributed by atoms with van der Waals surface area (Å²) >= 11 is 3.39. The van der Waals surface area contributed by atoms with Gasteiger partial charge in [0, 0.05) is 22.9 Å². The highest BCUT2D eigenvalue weighted by molar-refractivity contribution is 9.10. The van der Waals surface area contributed by atoms with Crippen molar-refractivity contribution in [2.24, 2.45) is 7.05 Å². The highest BCUT2D eigenvalue weighted by Gasteiger charge is 2.28. The second kappa shape index (κ2) is 5.85. The Hall–Kier alpha value is -2.67. The lowest BCUT2D eigenvalue weighted by molar-refractivity contribution is -0.123. The number of imide groups is 2. The Labute approximate surface area is 140 Å².